The lowest BCUT2D eigenvalue weighted by atomic mass is 10.0. The van der Waals surface area contributed by atoms with Crippen molar-refractivity contribution in [1.29, 1.82) is 0 Å². The molecule has 0 spiro atoms. The maximum atomic E-state index is 12.2. The summed E-state index contributed by atoms with van der Waals surface area (Å²) in [4.78, 5) is 24.1. The number of carbonyl (C=O) groups is 1. The number of hydrogen-bond acceptors (Lipinski definition) is 7. The van der Waals surface area contributed by atoms with Crippen LogP contribution in [0.25, 0.3) is 11.0 Å². The summed E-state index contributed by atoms with van der Waals surface area (Å²) in [7, 11) is 0. The van der Waals surface area contributed by atoms with Gasteiger partial charge in [0, 0.05) is 31.3 Å². The van der Waals surface area contributed by atoms with E-state index >= 15 is 0 Å². The Kier molecular flexibility index (Phi) is 7.66. The van der Waals surface area contributed by atoms with Gasteiger partial charge in [0.05, 0.1) is 31.3 Å². The highest BCUT2D eigenvalue weighted by atomic mass is 32.2. The third kappa shape index (κ3) is 5.88. The first-order valence-electron chi connectivity index (χ1n) is 11.6. The molecule has 0 unspecified atom stereocenters. The van der Waals surface area contributed by atoms with E-state index in [-0.39, 0.29) is 5.91 Å². The molecule has 9 heteroatoms. The second-order valence-corrected chi connectivity index (χ2v) is 10.3. The van der Waals surface area contributed by atoms with E-state index in [1.807, 2.05) is 10.9 Å². The number of nitrogens with zero attached hydrogens (tertiary/aromatic N) is 5. The smallest absolute Gasteiger partial charge is 0.220 e. The van der Waals surface area contributed by atoms with E-state index < -0.39 is 0 Å². The molecule has 4 rings (SSSR count). The normalized spacial score (nSPS) is 17.7. The van der Waals surface area contributed by atoms with Gasteiger partial charge in [-0.25, -0.2) is 14.6 Å². The highest BCUT2D eigenvalue weighted by molar-refractivity contribution is 7.99. The summed E-state index contributed by atoms with van der Waals surface area (Å²) in [5.41, 5.74) is 0.833. The number of morpholine rings is 1. The molecule has 1 aliphatic heterocycles. The van der Waals surface area contributed by atoms with E-state index in [1.54, 1.807) is 11.8 Å². The molecule has 170 valence electrons. The van der Waals surface area contributed by atoms with Gasteiger partial charge in [-0.1, -0.05) is 51.3 Å². The Labute approximate surface area is 188 Å². The third-order valence-corrected chi connectivity index (χ3v) is 6.87. The second-order valence-electron chi connectivity index (χ2n) is 8.74. The largest absolute Gasteiger partial charge is 0.378 e. The summed E-state index contributed by atoms with van der Waals surface area (Å²) < 4.78 is 7.40. The van der Waals surface area contributed by atoms with Crippen molar-refractivity contribution < 1.29 is 9.53 Å². The van der Waals surface area contributed by atoms with Gasteiger partial charge in [-0.3, -0.25) is 4.79 Å². The topological polar surface area (TPSA) is 85.2 Å². The molecule has 2 fully saturated rings. The van der Waals surface area contributed by atoms with Crippen LogP contribution in [0.4, 0.5) is 5.82 Å². The number of amides is 1. The van der Waals surface area contributed by atoms with Gasteiger partial charge >= 0.3 is 0 Å². The van der Waals surface area contributed by atoms with Crippen LogP contribution in [0.3, 0.4) is 0 Å². The molecule has 3 heterocycles. The molecular formula is C22H34N6O2S. The van der Waals surface area contributed by atoms with E-state index in [9.17, 15) is 4.79 Å². The lowest BCUT2D eigenvalue weighted by Crippen LogP contribution is -2.37. The van der Waals surface area contributed by atoms with Crippen LogP contribution in [-0.4, -0.2) is 63.8 Å². The van der Waals surface area contributed by atoms with E-state index in [0.717, 1.165) is 47.4 Å². The fourth-order valence-electron chi connectivity index (χ4n) is 4.39. The van der Waals surface area contributed by atoms with Crippen molar-refractivity contribution in [2.24, 2.45) is 5.92 Å². The molecule has 0 atom stereocenters. The number of anilines is 1. The van der Waals surface area contributed by atoms with Crippen molar-refractivity contribution in [3.8, 4) is 0 Å². The minimum absolute atomic E-state index is 0.142. The Balaban J connectivity index is 1.42. The molecule has 1 saturated heterocycles. The Bertz CT molecular complexity index is 874. The van der Waals surface area contributed by atoms with Gasteiger partial charge in [-0.05, 0) is 12.3 Å². The number of ether oxygens (including phenoxy) is 1. The lowest BCUT2D eigenvalue weighted by molar-refractivity contribution is -0.121. The van der Waals surface area contributed by atoms with Crippen LogP contribution in [0.1, 0.15) is 52.4 Å². The Morgan fingerprint density at radius 3 is 2.77 bits per heavy atom. The van der Waals surface area contributed by atoms with Crippen LogP contribution < -0.4 is 10.2 Å². The van der Waals surface area contributed by atoms with Gasteiger partial charge in [0.2, 0.25) is 5.91 Å². The Hall–Kier alpha value is -1.87. The van der Waals surface area contributed by atoms with Crippen LogP contribution in [-0.2, 0) is 16.1 Å². The van der Waals surface area contributed by atoms with Crippen molar-refractivity contribution in [2.45, 2.75) is 69.3 Å². The molecular weight excluding hydrogens is 412 g/mol. The van der Waals surface area contributed by atoms with Crippen LogP contribution in [0.2, 0.25) is 0 Å². The minimum atomic E-state index is 0.142. The average molecular weight is 447 g/mol. The predicted molar refractivity (Wildman–Crippen MR) is 124 cm³/mol. The molecule has 2 aromatic heterocycles. The second kappa shape index (κ2) is 10.6. The Morgan fingerprint density at radius 1 is 1.26 bits per heavy atom. The number of rotatable bonds is 9. The molecule has 1 amide bonds. The molecule has 0 bridgehead atoms. The fourth-order valence-corrected chi connectivity index (χ4v) is 5.09. The van der Waals surface area contributed by atoms with Gasteiger partial charge in [-0.15, -0.1) is 0 Å². The first-order valence-corrected chi connectivity index (χ1v) is 12.5. The van der Waals surface area contributed by atoms with Crippen molar-refractivity contribution in [3.63, 3.8) is 0 Å². The van der Waals surface area contributed by atoms with Crippen LogP contribution in [0, 0.1) is 5.92 Å². The number of thioether (sulfide) groups is 1. The zero-order valence-corrected chi connectivity index (χ0v) is 19.5. The zero-order chi connectivity index (χ0) is 21.6. The van der Waals surface area contributed by atoms with E-state index in [0.29, 0.717) is 38.0 Å². The van der Waals surface area contributed by atoms with E-state index in [4.69, 9.17) is 14.7 Å². The number of nitrogens with one attached hydrogen (secondary N) is 1. The summed E-state index contributed by atoms with van der Waals surface area (Å²) >= 11 is 1.66. The quantitative estimate of drug-likeness (QED) is 0.467. The standard InChI is InChI=1S/C22H34N6O2S/c1-16(2)31-22-25-20(27-11-13-30-14-12-27)18-15-24-28(21(18)26-22)10-9-23-19(29)8-7-17-5-3-4-6-17/h15-17H,3-14H2,1-2H3,(H,23,29). The summed E-state index contributed by atoms with van der Waals surface area (Å²) in [5, 5.41) is 9.76. The van der Waals surface area contributed by atoms with Crippen molar-refractivity contribution >= 4 is 34.5 Å². The first kappa shape index (κ1) is 22.3. The van der Waals surface area contributed by atoms with Gasteiger partial charge in [0.1, 0.15) is 5.82 Å². The zero-order valence-electron chi connectivity index (χ0n) is 18.7. The van der Waals surface area contributed by atoms with Crippen molar-refractivity contribution in [1.82, 2.24) is 25.1 Å². The van der Waals surface area contributed by atoms with Crippen LogP contribution in [0.5, 0.6) is 0 Å². The van der Waals surface area contributed by atoms with Crippen molar-refractivity contribution in [3.05, 3.63) is 6.20 Å². The molecule has 2 aliphatic rings. The van der Waals surface area contributed by atoms with Crippen molar-refractivity contribution in [2.75, 3.05) is 37.7 Å². The fraction of sp³-hybridized carbons (Fsp3) is 0.727. The van der Waals surface area contributed by atoms with Crippen LogP contribution >= 0.6 is 11.8 Å². The minimum Gasteiger partial charge on any atom is -0.378 e. The summed E-state index contributed by atoms with van der Waals surface area (Å²) in [6, 6.07) is 0. The van der Waals surface area contributed by atoms with Crippen LogP contribution in [0.15, 0.2) is 11.4 Å². The van der Waals surface area contributed by atoms with Gasteiger partial charge in [0.25, 0.3) is 0 Å². The van der Waals surface area contributed by atoms with Gasteiger partial charge < -0.3 is 15.0 Å². The predicted octanol–water partition coefficient (Wildman–Crippen LogP) is 3.25. The Morgan fingerprint density at radius 2 is 2.03 bits per heavy atom. The molecule has 2 aromatic rings. The molecule has 1 saturated carbocycles. The monoisotopic (exact) mass is 446 g/mol. The highest BCUT2D eigenvalue weighted by Crippen LogP contribution is 2.30. The van der Waals surface area contributed by atoms with E-state index in [2.05, 4.69) is 29.2 Å². The molecule has 0 radical (unpaired) electrons. The number of hydrogen-bond donors (Lipinski definition) is 1. The molecule has 1 aliphatic carbocycles. The average Bonchev–Trinajstić information content (AvgIpc) is 3.42. The molecule has 31 heavy (non-hydrogen) atoms. The summed E-state index contributed by atoms with van der Waals surface area (Å²) in [5.74, 6) is 1.82. The van der Waals surface area contributed by atoms with E-state index in [1.165, 1.54) is 25.7 Å². The summed E-state index contributed by atoms with van der Waals surface area (Å²) in [6.07, 6.45) is 8.72. The maximum Gasteiger partial charge on any atom is 0.220 e. The highest BCUT2D eigenvalue weighted by Gasteiger charge is 2.21. The SMILES string of the molecule is CC(C)Sc1nc(N2CCOCC2)c2cnn(CCNC(=O)CCC3CCCC3)c2n1. The first-order chi connectivity index (χ1) is 15.1. The number of fused-ring (bicyclic) bond motifs is 1. The molecule has 8 nitrogen and oxygen atoms in total. The molecule has 0 aromatic carbocycles. The number of aromatic nitrogens is 4. The molecule has 1 N–H and O–H groups in total. The third-order valence-electron chi connectivity index (χ3n) is 6.01. The van der Waals surface area contributed by atoms with Gasteiger partial charge in [-0.2, -0.15) is 5.10 Å². The van der Waals surface area contributed by atoms with Gasteiger partial charge in [0.15, 0.2) is 10.8 Å². The summed E-state index contributed by atoms with van der Waals surface area (Å²) in [6.45, 7) is 8.50. The maximum absolute atomic E-state index is 12.2. The lowest BCUT2D eigenvalue weighted by Gasteiger charge is -2.28. The number of carbonyl (C=O) groups excluding carboxylic acids is 1.